The van der Waals surface area contributed by atoms with Crippen LogP contribution in [0.2, 0.25) is 0 Å². The Morgan fingerprint density at radius 2 is 2.37 bits per heavy atom. The molecule has 104 valence electrons. The molecule has 4 heteroatoms. The second-order valence-corrected chi connectivity index (χ2v) is 6.12. The average Bonchev–Trinajstić information content (AvgIpc) is 2.42. The van der Waals surface area contributed by atoms with Gasteiger partial charge in [0.05, 0.1) is 0 Å². The molecule has 0 spiro atoms. The van der Waals surface area contributed by atoms with E-state index in [-0.39, 0.29) is 5.91 Å². The number of thioether (sulfide) groups is 1. The van der Waals surface area contributed by atoms with Crippen molar-refractivity contribution in [3.8, 4) is 0 Å². The lowest BCUT2D eigenvalue weighted by atomic mass is 10.1. The Bertz CT molecular complexity index is 442. The molecule has 3 nitrogen and oxygen atoms in total. The number of nitrogens with one attached hydrogen (secondary N) is 2. The Balaban J connectivity index is 1.90. The molecule has 19 heavy (non-hydrogen) atoms. The SMILES string of the molecule is CCc1cc(NC(=O)CC2CSCCN2)ccc1C. The zero-order valence-electron chi connectivity index (χ0n) is 11.7. The molecule has 2 rings (SSSR count). The molecule has 0 saturated carbocycles. The molecule has 0 bridgehead atoms. The Kier molecular flexibility index (Phi) is 5.28. The van der Waals surface area contributed by atoms with E-state index in [2.05, 4.69) is 36.6 Å². The molecule has 1 aliphatic rings. The van der Waals surface area contributed by atoms with Crippen molar-refractivity contribution in [3.63, 3.8) is 0 Å². The molecular weight excluding hydrogens is 256 g/mol. The first-order valence-electron chi connectivity index (χ1n) is 6.89. The van der Waals surface area contributed by atoms with Gasteiger partial charge in [0.15, 0.2) is 0 Å². The Morgan fingerprint density at radius 3 is 3.05 bits per heavy atom. The highest BCUT2D eigenvalue weighted by atomic mass is 32.2. The quantitative estimate of drug-likeness (QED) is 0.889. The third-order valence-electron chi connectivity index (χ3n) is 3.44. The van der Waals surface area contributed by atoms with Crippen LogP contribution < -0.4 is 10.6 Å². The van der Waals surface area contributed by atoms with Crippen LogP contribution in [-0.4, -0.2) is 30.0 Å². The lowest BCUT2D eigenvalue weighted by Crippen LogP contribution is -2.39. The van der Waals surface area contributed by atoms with E-state index in [0.717, 1.165) is 30.2 Å². The highest BCUT2D eigenvalue weighted by Gasteiger charge is 2.16. The minimum Gasteiger partial charge on any atom is -0.326 e. The van der Waals surface area contributed by atoms with Crippen molar-refractivity contribution in [1.29, 1.82) is 0 Å². The molecule has 0 aromatic heterocycles. The number of amides is 1. The minimum atomic E-state index is 0.103. The number of carbonyl (C=O) groups is 1. The number of anilines is 1. The van der Waals surface area contributed by atoms with E-state index in [9.17, 15) is 4.79 Å². The molecule has 0 radical (unpaired) electrons. The fourth-order valence-corrected chi connectivity index (χ4v) is 3.27. The molecule has 1 heterocycles. The van der Waals surface area contributed by atoms with E-state index in [1.165, 1.54) is 11.1 Å². The number of hydrogen-bond acceptors (Lipinski definition) is 3. The summed E-state index contributed by atoms with van der Waals surface area (Å²) >= 11 is 1.92. The van der Waals surface area contributed by atoms with Crippen LogP contribution in [0.5, 0.6) is 0 Å². The molecule has 1 amide bonds. The molecule has 1 atom stereocenters. The zero-order valence-corrected chi connectivity index (χ0v) is 12.5. The number of aryl methyl sites for hydroxylation is 2. The summed E-state index contributed by atoms with van der Waals surface area (Å²) in [5.74, 6) is 2.28. The van der Waals surface area contributed by atoms with Gasteiger partial charge in [0.25, 0.3) is 0 Å². The van der Waals surface area contributed by atoms with E-state index in [0.29, 0.717) is 12.5 Å². The second-order valence-electron chi connectivity index (χ2n) is 4.97. The van der Waals surface area contributed by atoms with Crippen LogP contribution in [0.15, 0.2) is 18.2 Å². The van der Waals surface area contributed by atoms with Crippen LogP contribution in [0.1, 0.15) is 24.5 Å². The highest BCUT2D eigenvalue weighted by molar-refractivity contribution is 7.99. The molecule has 1 saturated heterocycles. The molecule has 0 aliphatic carbocycles. The zero-order chi connectivity index (χ0) is 13.7. The molecule has 1 unspecified atom stereocenters. The highest BCUT2D eigenvalue weighted by Crippen LogP contribution is 2.17. The maximum Gasteiger partial charge on any atom is 0.225 e. The first-order chi connectivity index (χ1) is 9.19. The number of rotatable bonds is 4. The lowest BCUT2D eigenvalue weighted by Gasteiger charge is -2.22. The molecular formula is C15H22N2OS. The third kappa shape index (κ3) is 4.25. The summed E-state index contributed by atoms with van der Waals surface area (Å²) in [4.78, 5) is 12.0. The van der Waals surface area contributed by atoms with Crippen molar-refractivity contribution < 1.29 is 4.79 Å². The van der Waals surface area contributed by atoms with Crippen molar-refractivity contribution in [3.05, 3.63) is 29.3 Å². The lowest BCUT2D eigenvalue weighted by molar-refractivity contribution is -0.116. The van der Waals surface area contributed by atoms with Gasteiger partial charge >= 0.3 is 0 Å². The van der Waals surface area contributed by atoms with Gasteiger partial charge in [-0.05, 0) is 36.6 Å². The van der Waals surface area contributed by atoms with Crippen molar-refractivity contribution in [2.45, 2.75) is 32.7 Å². The van der Waals surface area contributed by atoms with Gasteiger partial charge in [-0.15, -0.1) is 0 Å². The summed E-state index contributed by atoms with van der Waals surface area (Å²) in [5.41, 5.74) is 3.49. The van der Waals surface area contributed by atoms with Crippen LogP contribution in [0.3, 0.4) is 0 Å². The Labute approximate surface area is 119 Å². The normalized spacial score (nSPS) is 19.2. The van der Waals surface area contributed by atoms with Gasteiger partial charge in [-0.25, -0.2) is 0 Å². The smallest absolute Gasteiger partial charge is 0.225 e. The van der Waals surface area contributed by atoms with Crippen molar-refractivity contribution >= 4 is 23.4 Å². The van der Waals surface area contributed by atoms with Gasteiger partial charge in [0.1, 0.15) is 0 Å². The monoisotopic (exact) mass is 278 g/mol. The van der Waals surface area contributed by atoms with E-state index in [1.807, 2.05) is 17.8 Å². The standard InChI is InChI=1S/C15H22N2OS/c1-3-12-8-13(5-4-11(12)2)17-15(18)9-14-10-19-7-6-16-14/h4-5,8,14,16H,3,6-7,9-10H2,1-2H3,(H,17,18). The first-order valence-corrected chi connectivity index (χ1v) is 8.05. The van der Waals surface area contributed by atoms with Gasteiger partial charge in [0.2, 0.25) is 5.91 Å². The van der Waals surface area contributed by atoms with Crippen LogP contribution in [0, 0.1) is 6.92 Å². The van der Waals surface area contributed by atoms with E-state index < -0.39 is 0 Å². The number of hydrogen-bond donors (Lipinski definition) is 2. The van der Waals surface area contributed by atoms with Gasteiger partial charge < -0.3 is 10.6 Å². The van der Waals surface area contributed by atoms with Gasteiger partial charge in [-0.2, -0.15) is 11.8 Å². The Hall–Kier alpha value is -1.00. The summed E-state index contributed by atoms with van der Waals surface area (Å²) in [6.07, 6.45) is 1.55. The molecule has 2 N–H and O–H groups in total. The summed E-state index contributed by atoms with van der Waals surface area (Å²) in [5, 5.41) is 6.39. The predicted octanol–water partition coefficient (Wildman–Crippen LogP) is 2.59. The molecule has 1 aromatic carbocycles. The summed E-state index contributed by atoms with van der Waals surface area (Å²) in [7, 11) is 0. The number of benzene rings is 1. The maximum absolute atomic E-state index is 12.0. The van der Waals surface area contributed by atoms with Crippen molar-refractivity contribution in [2.24, 2.45) is 0 Å². The van der Waals surface area contributed by atoms with E-state index in [4.69, 9.17) is 0 Å². The van der Waals surface area contributed by atoms with E-state index >= 15 is 0 Å². The fraction of sp³-hybridized carbons (Fsp3) is 0.533. The third-order valence-corrected chi connectivity index (χ3v) is 4.57. The Morgan fingerprint density at radius 1 is 1.53 bits per heavy atom. The van der Waals surface area contributed by atoms with Gasteiger partial charge in [-0.1, -0.05) is 13.0 Å². The van der Waals surface area contributed by atoms with Crippen LogP contribution in [0.25, 0.3) is 0 Å². The minimum absolute atomic E-state index is 0.103. The van der Waals surface area contributed by atoms with Crippen LogP contribution >= 0.6 is 11.8 Å². The summed E-state index contributed by atoms with van der Waals surface area (Å²) < 4.78 is 0. The van der Waals surface area contributed by atoms with Crippen molar-refractivity contribution in [1.82, 2.24) is 5.32 Å². The van der Waals surface area contributed by atoms with Crippen molar-refractivity contribution in [2.75, 3.05) is 23.4 Å². The summed E-state index contributed by atoms with van der Waals surface area (Å²) in [6.45, 7) is 5.25. The average molecular weight is 278 g/mol. The molecule has 1 aromatic rings. The second kappa shape index (κ2) is 6.96. The van der Waals surface area contributed by atoms with E-state index in [1.54, 1.807) is 0 Å². The first kappa shape index (κ1) is 14.4. The topological polar surface area (TPSA) is 41.1 Å². The largest absolute Gasteiger partial charge is 0.326 e. The molecule has 1 aliphatic heterocycles. The van der Waals surface area contributed by atoms with Crippen LogP contribution in [0.4, 0.5) is 5.69 Å². The summed E-state index contributed by atoms with van der Waals surface area (Å²) in [6, 6.07) is 6.45. The van der Waals surface area contributed by atoms with Gasteiger partial charge in [-0.3, -0.25) is 4.79 Å². The fourth-order valence-electron chi connectivity index (χ4n) is 2.32. The number of carbonyl (C=O) groups excluding carboxylic acids is 1. The molecule has 1 fully saturated rings. The van der Waals surface area contributed by atoms with Crippen LogP contribution in [-0.2, 0) is 11.2 Å². The maximum atomic E-state index is 12.0. The predicted molar refractivity (Wildman–Crippen MR) is 82.9 cm³/mol. The van der Waals surface area contributed by atoms with Gasteiger partial charge in [0, 0.05) is 36.2 Å².